The smallest absolute Gasteiger partial charge is 0.255 e. The number of phenols is 1. The van der Waals surface area contributed by atoms with Crippen molar-refractivity contribution in [3.63, 3.8) is 0 Å². The fourth-order valence-corrected chi connectivity index (χ4v) is 1.96. The van der Waals surface area contributed by atoms with E-state index in [4.69, 9.17) is 0 Å². The van der Waals surface area contributed by atoms with E-state index in [2.05, 4.69) is 31.3 Å². The highest BCUT2D eigenvalue weighted by molar-refractivity contribution is 5.96. The van der Waals surface area contributed by atoms with Crippen LogP contribution < -0.4 is 5.32 Å². The van der Waals surface area contributed by atoms with E-state index in [1.807, 2.05) is 12.1 Å². The lowest BCUT2D eigenvalue weighted by molar-refractivity contribution is 0.0948. The van der Waals surface area contributed by atoms with Gasteiger partial charge in [0, 0.05) is 6.54 Å². The molecule has 0 heterocycles. The Kier molecular flexibility index (Phi) is 4.41. The molecule has 0 atom stereocenters. The van der Waals surface area contributed by atoms with Gasteiger partial charge in [0.1, 0.15) is 5.75 Å². The molecule has 3 nitrogen and oxygen atoms in total. The quantitative estimate of drug-likeness (QED) is 0.893. The lowest BCUT2D eigenvalue weighted by Gasteiger charge is -2.09. The normalized spacial score (nSPS) is 10.6. The molecule has 0 saturated carbocycles. The number of para-hydroxylation sites is 1. The molecule has 0 aliphatic carbocycles. The van der Waals surface area contributed by atoms with Gasteiger partial charge in [-0.05, 0) is 29.2 Å². The van der Waals surface area contributed by atoms with Crippen LogP contribution in [-0.2, 0) is 6.54 Å². The molecule has 0 aliphatic rings. The molecule has 0 aliphatic heterocycles. The molecule has 2 aromatic rings. The van der Waals surface area contributed by atoms with E-state index in [0.29, 0.717) is 18.0 Å². The molecule has 0 radical (unpaired) electrons. The highest BCUT2D eigenvalue weighted by Gasteiger charge is 2.09. The van der Waals surface area contributed by atoms with Gasteiger partial charge in [-0.15, -0.1) is 0 Å². The molecule has 104 valence electrons. The Balaban J connectivity index is 1.98. The number of aromatic hydroxyl groups is 1. The van der Waals surface area contributed by atoms with Crippen molar-refractivity contribution in [3.8, 4) is 5.75 Å². The van der Waals surface area contributed by atoms with Crippen LogP contribution in [0.2, 0.25) is 0 Å². The first-order valence-corrected chi connectivity index (χ1v) is 6.73. The first-order chi connectivity index (χ1) is 9.58. The molecule has 2 N–H and O–H groups in total. The fraction of sp³-hybridized carbons (Fsp3) is 0.235. The maximum absolute atomic E-state index is 11.9. The molecule has 0 fully saturated rings. The van der Waals surface area contributed by atoms with Gasteiger partial charge in [0.25, 0.3) is 5.91 Å². The summed E-state index contributed by atoms with van der Waals surface area (Å²) in [4.78, 5) is 11.9. The lowest BCUT2D eigenvalue weighted by Crippen LogP contribution is -2.22. The Bertz CT molecular complexity index is 588. The van der Waals surface area contributed by atoms with Crippen LogP contribution >= 0.6 is 0 Å². The van der Waals surface area contributed by atoms with Gasteiger partial charge < -0.3 is 10.4 Å². The number of amides is 1. The van der Waals surface area contributed by atoms with E-state index < -0.39 is 0 Å². The van der Waals surface area contributed by atoms with Crippen molar-refractivity contribution in [2.75, 3.05) is 0 Å². The largest absolute Gasteiger partial charge is 0.507 e. The zero-order valence-electron chi connectivity index (χ0n) is 11.8. The zero-order chi connectivity index (χ0) is 14.5. The predicted molar refractivity (Wildman–Crippen MR) is 79.8 cm³/mol. The molecule has 20 heavy (non-hydrogen) atoms. The zero-order valence-corrected chi connectivity index (χ0v) is 11.8. The number of carbonyl (C=O) groups excluding carboxylic acids is 1. The lowest BCUT2D eigenvalue weighted by atomic mass is 10.0. The third-order valence-electron chi connectivity index (χ3n) is 3.25. The van der Waals surface area contributed by atoms with Gasteiger partial charge in [-0.25, -0.2) is 0 Å². The third-order valence-corrected chi connectivity index (χ3v) is 3.25. The summed E-state index contributed by atoms with van der Waals surface area (Å²) >= 11 is 0. The van der Waals surface area contributed by atoms with Crippen molar-refractivity contribution in [1.29, 1.82) is 0 Å². The van der Waals surface area contributed by atoms with E-state index in [0.717, 1.165) is 5.56 Å². The van der Waals surface area contributed by atoms with Gasteiger partial charge in [0.15, 0.2) is 0 Å². The number of rotatable bonds is 4. The van der Waals surface area contributed by atoms with Crippen LogP contribution in [0.4, 0.5) is 0 Å². The molecule has 1 amide bonds. The van der Waals surface area contributed by atoms with Crippen molar-refractivity contribution >= 4 is 5.91 Å². The summed E-state index contributed by atoms with van der Waals surface area (Å²) in [5, 5.41) is 12.4. The molecular formula is C17H19NO2. The van der Waals surface area contributed by atoms with Crippen LogP contribution in [0.25, 0.3) is 0 Å². The average molecular weight is 269 g/mol. The second-order valence-corrected chi connectivity index (χ2v) is 5.10. The second-order valence-electron chi connectivity index (χ2n) is 5.10. The maximum atomic E-state index is 11.9. The molecule has 0 saturated heterocycles. The first kappa shape index (κ1) is 14.1. The number of hydrogen-bond donors (Lipinski definition) is 2. The SMILES string of the molecule is CC(C)c1ccc(CNC(=O)c2ccccc2O)cc1. The molecule has 2 rings (SSSR count). The van der Waals surface area contributed by atoms with Crippen LogP contribution in [0, 0.1) is 0 Å². The Morgan fingerprint density at radius 1 is 1.10 bits per heavy atom. The van der Waals surface area contributed by atoms with E-state index in [9.17, 15) is 9.90 Å². The van der Waals surface area contributed by atoms with Crippen LogP contribution in [0.3, 0.4) is 0 Å². The topological polar surface area (TPSA) is 49.3 Å². The highest BCUT2D eigenvalue weighted by atomic mass is 16.3. The number of carbonyl (C=O) groups is 1. The summed E-state index contributed by atoms with van der Waals surface area (Å²) in [6.45, 7) is 4.75. The van der Waals surface area contributed by atoms with Gasteiger partial charge in [0.2, 0.25) is 0 Å². The van der Waals surface area contributed by atoms with E-state index in [1.54, 1.807) is 18.2 Å². The van der Waals surface area contributed by atoms with Gasteiger partial charge in [-0.2, -0.15) is 0 Å². The van der Waals surface area contributed by atoms with Gasteiger partial charge in [0.05, 0.1) is 5.56 Å². The van der Waals surface area contributed by atoms with Crippen LogP contribution in [0.1, 0.15) is 41.3 Å². The number of phenolic OH excluding ortho intramolecular Hbond substituents is 1. The highest BCUT2D eigenvalue weighted by Crippen LogP contribution is 2.16. The Morgan fingerprint density at radius 2 is 1.75 bits per heavy atom. The van der Waals surface area contributed by atoms with Crippen LogP contribution in [-0.4, -0.2) is 11.0 Å². The Labute approximate surface area is 119 Å². The average Bonchev–Trinajstić information content (AvgIpc) is 2.45. The molecule has 0 bridgehead atoms. The predicted octanol–water partition coefficient (Wildman–Crippen LogP) is 3.45. The minimum Gasteiger partial charge on any atom is -0.507 e. The minimum atomic E-state index is -0.268. The van der Waals surface area contributed by atoms with Crippen LogP contribution in [0.15, 0.2) is 48.5 Å². The molecule has 0 unspecified atom stereocenters. The van der Waals surface area contributed by atoms with Gasteiger partial charge in [-0.3, -0.25) is 4.79 Å². The molecule has 0 spiro atoms. The molecule has 0 aromatic heterocycles. The summed E-state index contributed by atoms with van der Waals surface area (Å²) in [6, 6.07) is 14.7. The number of benzene rings is 2. The first-order valence-electron chi connectivity index (χ1n) is 6.73. The number of hydrogen-bond acceptors (Lipinski definition) is 2. The second kappa shape index (κ2) is 6.24. The van der Waals surface area contributed by atoms with E-state index in [1.165, 1.54) is 11.6 Å². The molecule has 3 heteroatoms. The summed E-state index contributed by atoms with van der Waals surface area (Å²) in [5.41, 5.74) is 2.62. The van der Waals surface area contributed by atoms with Crippen LogP contribution in [0.5, 0.6) is 5.75 Å². The number of nitrogens with one attached hydrogen (secondary N) is 1. The van der Waals surface area contributed by atoms with Crippen molar-refractivity contribution < 1.29 is 9.90 Å². The standard InChI is InChI=1S/C17H19NO2/c1-12(2)14-9-7-13(8-10-14)11-18-17(20)15-5-3-4-6-16(15)19/h3-10,12,19H,11H2,1-2H3,(H,18,20). The minimum absolute atomic E-state index is 0.000144. The summed E-state index contributed by atoms with van der Waals surface area (Å²) in [6.07, 6.45) is 0. The van der Waals surface area contributed by atoms with Gasteiger partial charge in [-0.1, -0.05) is 50.2 Å². The summed E-state index contributed by atoms with van der Waals surface area (Å²) < 4.78 is 0. The van der Waals surface area contributed by atoms with Crippen molar-refractivity contribution in [3.05, 3.63) is 65.2 Å². The van der Waals surface area contributed by atoms with E-state index >= 15 is 0 Å². The molecular weight excluding hydrogens is 250 g/mol. The summed E-state index contributed by atoms with van der Waals surface area (Å²) in [5.74, 6) is 0.232. The van der Waals surface area contributed by atoms with Crippen molar-refractivity contribution in [2.45, 2.75) is 26.3 Å². The fourth-order valence-electron chi connectivity index (χ4n) is 1.96. The summed E-state index contributed by atoms with van der Waals surface area (Å²) in [7, 11) is 0. The Hall–Kier alpha value is -2.29. The monoisotopic (exact) mass is 269 g/mol. The van der Waals surface area contributed by atoms with Gasteiger partial charge >= 0.3 is 0 Å². The maximum Gasteiger partial charge on any atom is 0.255 e. The molecule has 2 aromatic carbocycles. The van der Waals surface area contributed by atoms with E-state index in [-0.39, 0.29) is 11.7 Å². The van der Waals surface area contributed by atoms with Crippen molar-refractivity contribution in [2.24, 2.45) is 0 Å². The van der Waals surface area contributed by atoms with Crippen molar-refractivity contribution in [1.82, 2.24) is 5.32 Å². The Morgan fingerprint density at radius 3 is 2.35 bits per heavy atom. The third kappa shape index (κ3) is 3.38.